The maximum Gasteiger partial charge on any atom is 0.127 e. The zero-order valence-electron chi connectivity index (χ0n) is 8.90. The minimum absolute atomic E-state index is 0.212. The first-order valence-electron chi connectivity index (χ1n) is 5.35. The van der Waals surface area contributed by atoms with Crippen LogP contribution in [0.3, 0.4) is 0 Å². The molecule has 0 aliphatic heterocycles. The highest BCUT2D eigenvalue weighted by Gasteiger charge is 2.29. The second-order valence-corrected chi connectivity index (χ2v) is 3.97. The molecule has 1 aliphatic carbocycles. The molecule has 15 heavy (non-hydrogen) atoms. The van der Waals surface area contributed by atoms with Gasteiger partial charge in [0.15, 0.2) is 0 Å². The van der Waals surface area contributed by atoms with E-state index in [1.165, 1.54) is 12.8 Å². The van der Waals surface area contributed by atoms with Crippen LogP contribution in [-0.4, -0.2) is 29.8 Å². The number of pyridine rings is 1. The number of aliphatic hydroxyl groups excluding tert-OH is 1. The van der Waals surface area contributed by atoms with Crippen molar-refractivity contribution in [3.63, 3.8) is 0 Å². The SMILES string of the molecule is CNc1cc(NCC(O)C2CC2)ccn1. The molecule has 0 saturated heterocycles. The van der Waals surface area contributed by atoms with Gasteiger partial charge in [-0.2, -0.15) is 0 Å². The fourth-order valence-electron chi connectivity index (χ4n) is 1.55. The van der Waals surface area contributed by atoms with Crippen LogP contribution in [0.1, 0.15) is 12.8 Å². The first-order valence-corrected chi connectivity index (χ1v) is 5.35. The molecule has 1 saturated carbocycles. The smallest absolute Gasteiger partial charge is 0.127 e. The van der Waals surface area contributed by atoms with Gasteiger partial charge in [0.05, 0.1) is 6.10 Å². The number of aliphatic hydroxyl groups is 1. The lowest BCUT2D eigenvalue weighted by Gasteiger charge is -2.12. The second kappa shape index (κ2) is 4.49. The van der Waals surface area contributed by atoms with Gasteiger partial charge in [0, 0.05) is 31.5 Å². The van der Waals surface area contributed by atoms with E-state index >= 15 is 0 Å². The molecule has 1 aromatic rings. The minimum Gasteiger partial charge on any atom is -0.391 e. The molecule has 3 N–H and O–H groups in total. The van der Waals surface area contributed by atoms with Crippen molar-refractivity contribution in [2.24, 2.45) is 5.92 Å². The maximum absolute atomic E-state index is 9.68. The van der Waals surface area contributed by atoms with Gasteiger partial charge < -0.3 is 15.7 Å². The Kier molecular flexibility index (Phi) is 3.06. The monoisotopic (exact) mass is 207 g/mol. The molecule has 1 heterocycles. The molecule has 1 atom stereocenters. The van der Waals surface area contributed by atoms with Crippen LogP contribution in [0.25, 0.3) is 0 Å². The van der Waals surface area contributed by atoms with Crippen molar-refractivity contribution in [1.82, 2.24) is 4.98 Å². The summed E-state index contributed by atoms with van der Waals surface area (Å²) < 4.78 is 0. The number of hydrogen-bond donors (Lipinski definition) is 3. The fourth-order valence-corrected chi connectivity index (χ4v) is 1.55. The fraction of sp³-hybridized carbons (Fsp3) is 0.545. The quantitative estimate of drug-likeness (QED) is 0.681. The normalized spacial score (nSPS) is 17.2. The van der Waals surface area contributed by atoms with Crippen LogP contribution >= 0.6 is 0 Å². The summed E-state index contributed by atoms with van der Waals surface area (Å²) >= 11 is 0. The minimum atomic E-state index is -0.212. The van der Waals surface area contributed by atoms with Gasteiger partial charge in [0.1, 0.15) is 5.82 Å². The molecular weight excluding hydrogens is 190 g/mol. The molecule has 0 spiro atoms. The number of nitrogens with one attached hydrogen (secondary N) is 2. The summed E-state index contributed by atoms with van der Waals surface area (Å²) in [6.07, 6.45) is 3.87. The second-order valence-electron chi connectivity index (χ2n) is 3.97. The van der Waals surface area contributed by atoms with E-state index in [-0.39, 0.29) is 6.10 Å². The third kappa shape index (κ3) is 2.83. The number of nitrogens with zero attached hydrogens (tertiary/aromatic N) is 1. The Morgan fingerprint density at radius 2 is 2.40 bits per heavy atom. The largest absolute Gasteiger partial charge is 0.391 e. The molecule has 0 bridgehead atoms. The summed E-state index contributed by atoms with van der Waals surface area (Å²) in [5.41, 5.74) is 0.994. The lowest BCUT2D eigenvalue weighted by molar-refractivity contribution is 0.164. The van der Waals surface area contributed by atoms with Crippen LogP contribution in [0.2, 0.25) is 0 Å². The van der Waals surface area contributed by atoms with E-state index < -0.39 is 0 Å². The first-order chi connectivity index (χ1) is 7.29. The lowest BCUT2D eigenvalue weighted by Crippen LogP contribution is -2.21. The summed E-state index contributed by atoms with van der Waals surface area (Å²) in [7, 11) is 1.84. The Bertz CT molecular complexity index is 325. The Hall–Kier alpha value is -1.29. The molecule has 0 amide bonds. The van der Waals surface area contributed by atoms with E-state index in [0.29, 0.717) is 12.5 Å². The van der Waals surface area contributed by atoms with Crippen molar-refractivity contribution in [1.29, 1.82) is 0 Å². The van der Waals surface area contributed by atoms with Gasteiger partial charge in [-0.25, -0.2) is 4.98 Å². The van der Waals surface area contributed by atoms with Gasteiger partial charge in [0.25, 0.3) is 0 Å². The summed E-state index contributed by atoms with van der Waals surface area (Å²) in [5.74, 6) is 1.35. The van der Waals surface area contributed by atoms with E-state index in [4.69, 9.17) is 0 Å². The van der Waals surface area contributed by atoms with Crippen molar-refractivity contribution in [3.8, 4) is 0 Å². The van der Waals surface area contributed by atoms with E-state index in [1.807, 2.05) is 19.2 Å². The molecule has 82 valence electrons. The van der Waals surface area contributed by atoms with E-state index in [0.717, 1.165) is 11.5 Å². The van der Waals surface area contributed by atoms with Gasteiger partial charge in [-0.1, -0.05) is 0 Å². The Morgan fingerprint density at radius 1 is 1.60 bits per heavy atom. The molecule has 1 unspecified atom stereocenters. The Balaban J connectivity index is 1.86. The van der Waals surface area contributed by atoms with Crippen LogP contribution in [0.5, 0.6) is 0 Å². The standard InChI is InChI=1S/C11H17N3O/c1-12-11-6-9(4-5-13-11)14-7-10(15)8-2-3-8/h4-6,8,10,15H,2-3,7H2,1H3,(H2,12,13,14). The summed E-state index contributed by atoms with van der Waals surface area (Å²) in [5, 5.41) is 15.9. The zero-order chi connectivity index (χ0) is 10.7. The zero-order valence-corrected chi connectivity index (χ0v) is 8.90. The van der Waals surface area contributed by atoms with Crippen LogP contribution < -0.4 is 10.6 Å². The van der Waals surface area contributed by atoms with Crippen molar-refractivity contribution in [3.05, 3.63) is 18.3 Å². The molecule has 0 radical (unpaired) electrons. The predicted molar refractivity (Wildman–Crippen MR) is 61.0 cm³/mol. The first kappa shape index (κ1) is 10.2. The maximum atomic E-state index is 9.68. The third-order valence-corrected chi connectivity index (χ3v) is 2.70. The van der Waals surface area contributed by atoms with Crippen molar-refractivity contribution < 1.29 is 5.11 Å². The number of aromatic nitrogens is 1. The van der Waals surface area contributed by atoms with Gasteiger partial charge in [-0.15, -0.1) is 0 Å². The average Bonchev–Trinajstić information content (AvgIpc) is 3.10. The van der Waals surface area contributed by atoms with Gasteiger partial charge >= 0.3 is 0 Å². The molecule has 4 heteroatoms. The molecule has 1 fully saturated rings. The highest BCUT2D eigenvalue weighted by Crippen LogP contribution is 2.32. The topological polar surface area (TPSA) is 57.2 Å². The Labute approximate surface area is 89.7 Å². The third-order valence-electron chi connectivity index (χ3n) is 2.70. The van der Waals surface area contributed by atoms with E-state index in [1.54, 1.807) is 6.20 Å². The number of hydrogen-bond acceptors (Lipinski definition) is 4. The van der Waals surface area contributed by atoms with Crippen LogP contribution in [0.4, 0.5) is 11.5 Å². The van der Waals surface area contributed by atoms with Crippen LogP contribution in [0, 0.1) is 5.92 Å². The van der Waals surface area contributed by atoms with Crippen molar-refractivity contribution in [2.45, 2.75) is 18.9 Å². The molecule has 1 aromatic heterocycles. The molecule has 0 aromatic carbocycles. The highest BCUT2D eigenvalue weighted by molar-refractivity contribution is 5.51. The van der Waals surface area contributed by atoms with E-state index in [2.05, 4.69) is 15.6 Å². The molecule has 4 nitrogen and oxygen atoms in total. The summed E-state index contributed by atoms with van der Waals surface area (Å²) in [4.78, 5) is 4.12. The number of anilines is 2. The number of rotatable bonds is 5. The van der Waals surface area contributed by atoms with Crippen molar-refractivity contribution in [2.75, 3.05) is 24.2 Å². The average molecular weight is 207 g/mol. The van der Waals surface area contributed by atoms with Gasteiger partial charge in [0.2, 0.25) is 0 Å². The highest BCUT2D eigenvalue weighted by atomic mass is 16.3. The van der Waals surface area contributed by atoms with Crippen LogP contribution in [-0.2, 0) is 0 Å². The Morgan fingerprint density at radius 3 is 3.07 bits per heavy atom. The van der Waals surface area contributed by atoms with Crippen molar-refractivity contribution >= 4 is 11.5 Å². The predicted octanol–water partition coefficient (Wildman–Crippen LogP) is 1.31. The summed E-state index contributed by atoms with van der Waals surface area (Å²) in [6, 6.07) is 3.83. The van der Waals surface area contributed by atoms with Crippen LogP contribution in [0.15, 0.2) is 18.3 Å². The molecule has 1 aliphatic rings. The lowest BCUT2D eigenvalue weighted by atomic mass is 10.2. The van der Waals surface area contributed by atoms with Gasteiger partial charge in [-0.05, 0) is 24.8 Å². The molecular formula is C11H17N3O. The van der Waals surface area contributed by atoms with E-state index in [9.17, 15) is 5.11 Å². The van der Waals surface area contributed by atoms with Gasteiger partial charge in [-0.3, -0.25) is 0 Å². The molecule has 2 rings (SSSR count). The summed E-state index contributed by atoms with van der Waals surface area (Å²) in [6.45, 7) is 0.623.